The summed E-state index contributed by atoms with van der Waals surface area (Å²) in [6.07, 6.45) is 0.328. The first-order valence-electron chi connectivity index (χ1n) is 4.93. The van der Waals surface area contributed by atoms with Crippen molar-refractivity contribution in [2.75, 3.05) is 19.6 Å². The fourth-order valence-electron chi connectivity index (χ4n) is 1.58. The Labute approximate surface area is 97.8 Å². The molecule has 0 saturated carbocycles. The van der Waals surface area contributed by atoms with Crippen molar-refractivity contribution in [3.8, 4) is 0 Å². The van der Waals surface area contributed by atoms with Crippen LogP contribution in [0.1, 0.15) is 13.3 Å². The number of nitrogens with one attached hydrogen (secondary N) is 1. The van der Waals surface area contributed by atoms with Crippen molar-refractivity contribution < 1.29 is 9.59 Å². The normalized spacial score (nSPS) is 20.5. The molecule has 1 N–H and O–H groups in total. The SMILES string of the molecule is C=C(Br)CNC(=O)C1CC(=O)N(CC)C1. The van der Waals surface area contributed by atoms with E-state index in [2.05, 4.69) is 27.8 Å². The molecule has 1 fully saturated rings. The van der Waals surface area contributed by atoms with Crippen molar-refractivity contribution in [2.24, 2.45) is 5.92 Å². The number of hydrogen-bond acceptors (Lipinski definition) is 2. The third kappa shape index (κ3) is 3.34. The number of amides is 2. The average Bonchev–Trinajstić information content (AvgIpc) is 2.56. The van der Waals surface area contributed by atoms with E-state index >= 15 is 0 Å². The third-order valence-electron chi connectivity index (χ3n) is 2.42. The van der Waals surface area contributed by atoms with Crippen molar-refractivity contribution in [3.05, 3.63) is 11.1 Å². The molecule has 0 aromatic rings. The molecule has 0 aliphatic carbocycles. The largest absolute Gasteiger partial charge is 0.351 e. The Morgan fingerprint density at radius 1 is 1.73 bits per heavy atom. The molecule has 1 aliphatic rings. The molecule has 84 valence electrons. The van der Waals surface area contributed by atoms with Crippen molar-refractivity contribution >= 4 is 27.7 Å². The van der Waals surface area contributed by atoms with Crippen LogP contribution in [0.3, 0.4) is 0 Å². The van der Waals surface area contributed by atoms with Gasteiger partial charge in [0.25, 0.3) is 0 Å². The predicted molar refractivity (Wildman–Crippen MR) is 61.4 cm³/mol. The van der Waals surface area contributed by atoms with E-state index in [-0.39, 0.29) is 17.7 Å². The fourth-order valence-corrected chi connectivity index (χ4v) is 1.72. The van der Waals surface area contributed by atoms with Crippen molar-refractivity contribution in [3.63, 3.8) is 0 Å². The summed E-state index contributed by atoms with van der Waals surface area (Å²) in [4.78, 5) is 24.7. The monoisotopic (exact) mass is 274 g/mol. The molecule has 2 amide bonds. The summed E-state index contributed by atoms with van der Waals surface area (Å²) >= 11 is 3.16. The van der Waals surface area contributed by atoms with Crippen LogP contribution in [0.15, 0.2) is 11.1 Å². The minimum atomic E-state index is -0.204. The Morgan fingerprint density at radius 2 is 2.40 bits per heavy atom. The molecule has 15 heavy (non-hydrogen) atoms. The van der Waals surface area contributed by atoms with Gasteiger partial charge in [0.2, 0.25) is 11.8 Å². The highest BCUT2D eigenvalue weighted by atomic mass is 79.9. The summed E-state index contributed by atoms with van der Waals surface area (Å²) in [7, 11) is 0. The van der Waals surface area contributed by atoms with Gasteiger partial charge >= 0.3 is 0 Å². The topological polar surface area (TPSA) is 49.4 Å². The van der Waals surface area contributed by atoms with Gasteiger partial charge in [0.1, 0.15) is 0 Å². The lowest BCUT2D eigenvalue weighted by atomic mass is 10.1. The maximum atomic E-state index is 11.6. The van der Waals surface area contributed by atoms with E-state index in [9.17, 15) is 9.59 Å². The molecule has 0 spiro atoms. The van der Waals surface area contributed by atoms with Crippen molar-refractivity contribution in [1.82, 2.24) is 10.2 Å². The van der Waals surface area contributed by atoms with Gasteiger partial charge in [-0.05, 0) is 6.92 Å². The van der Waals surface area contributed by atoms with Gasteiger partial charge in [0.15, 0.2) is 0 Å². The van der Waals surface area contributed by atoms with Crippen LogP contribution in [0.2, 0.25) is 0 Å². The highest BCUT2D eigenvalue weighted by molar-refractivity contribution is 9.11. The fraction of sp³-hybridized carbons (Fsp3) is 0.600. The van der Waals surface area contributed by atoms with Gasteiger partial charge in [0, 0.05) is 30.5 Å². The zero-order chi connectivity index (χ0) is 11.4. The van der Waals surface area contributed by atoms with Crippen molar-refractivity contribution in [1.29, 1.82) is 0 Å². The van der Waals surface area contributed by atoms with Gasteiger partial charge in [-0.1, -0.05) is 22.5 Å². The van der Waals surface area contributed by atoms with E-state index in [4.69, 9.17) is 0 Å². The molecule has 0 radical (unpaired) electrons. The minimum Gasteiger partial charge on any atom is -0.351 e. The summed E-state index contributed by atoms with van der Waals surface area (Å²) < 4.78 is 0.729. The van der Waals surface area contributed by atoms with Crippen LogP contribution in [-0.4, -0.2) is 36.3 Å². The van der Waals surface area contributed by atoms with Gasteiger partial charge in [0.05, 0.1) is 5.92 Å². The molecule has 1 rings (SSSR count). The number of hydrogen-bond donors (Lipinski definition) is 1. The van der Waals surface area contributed by atoms with Crippen LogP contribution >= 0.6 is 15.9 Å². The Balaban J connectivity index is 2.42. The van der Waals surface area contributed by atoms with Gasteiger partial charge < -0.3 is 10.2 Å². The van der Waals surface area contributed by atoms with E-state index in [1.807, 2.05) is 6.92 Å². The molecule has 0 bridgehead atoms. The summed E-state index contributed by atoms with van der Waals surface area (Å²) in [6, 6.07) is 0. The van der Waals surface area contributed by atoms with Gasteiger partial charge in [-0.15, -0.1) is 0 Å². The zero-order valence-electron chi connectivity index (χ0n) is 8.75. The number of carbonyl (C=O) groups is 2. The molecule has 4 nitrogen and oxygen atoms in total. The van der Waals surface area contributed by atoms with Crippen LogP contribution < -0.4 is 5.32 Å². The van der Waals surface area contributed by atoms with Crippen molar-refractivity contribution in [2.45, 2.75) is 13.3 Å². The van der Waals surface area contributed by atoms with Gasteiger partial charge in [-0.3, -0.25) is 9.59 Å². The quantitative estimate of drug-likeness (QED) is 0.828. The molecule has 1 heterocycles. The van der Waals surface area contributed by atoms with Crippen LogP contribution in [0.5, 0.6) is 0 Å². The Hall–Kier alpha value is -0.840. The number of rotatable bonds is 4. The van der Waals surface area contributed by atoms with Gasteiger partial charge in [-0.2, -0.15) is 0 Å². The molecule has 0 aromatic carbocycles. The predicted octanol–water partition coefficient (Wildman–Crippen LogP) is 0.880. The summed E-state index contributed by atoms with van der Waals surface area (Å²) in [5.41, 5.74) is 0. The number of likely N-dealkylation sites (tertiary alicyclic amines) is 1. The van der Waals surface area contributed by atoms with E-state index < -0.39 is 0 Å². The number of carbonyl (C=O) groups excluding carboxylic acids is 2. The highest BCUT2D eigenvalue weighted by Gasteiger charge is 2.32. The number of nitrogens with zero attached hydrogens (tertiary/aromatic N) is 1. The molecule has 5 heteroatoms. The van der Waals surface area contributed by atoms with E-state index in [1.54, 1.807) is 4.90 Å². The van der Waals surface area contributed by atoms with E-state index in [0.717, 1.165) is 4.48 Å². The summed E-state index contributed by atoms with van der Waals surface area (Å²) in [5, 5.41) is 2.72. The van der Waals surface area contributed by atoms with Crippen LogP contribution in [0.4, 0.5) is 0 Å². The second kappa shape index (κ2) is 5.30. The summed E-state index contributed by atoms with van der Waals surface area (Å²) in [5.74, 6) is -0.209. The Bertz CT molecular complexity index is 291. The third-order valence-corrected chi connectivity index (χ3v) is 2.70. The molecular formula is C10H15BrN2O2. The Morgan fingerprint density at radius 3 is 2.87 bits per heavy atom. The molecule has 1 aliphatic heterocycles. The first-order chi connectivity index (χ1) is 7.04. The second-order valence-electron chi connectivity index (χ2n) is 3.57. The molecule has 1 saturated heterocycles. The van der Waals surface area contributed by atoms with E-state index in [0.29, 0.717) is 26.1 Å². The lowest BCUT2D eigenvalue weighted by Crippen LogP contribution is -2.33. The lowest BCUT2D eigenvalue weighted by molar-refractivity contribution is -0.128. The molecule has 1 unspecified atom stereocenters. The van der Waals surface area contributed by atoms with Crippen LogP contribution in [0, 0.1) is 5.92 Å². The van der Waals surface area contributed by atoms with Gasteiger partial charge in [-0.25, -0.2) is 0 Å². The zero-order valence-corrected chi connectivity index (χ0v) is 10.3. The first kappa shape index (κ1) is 12.2. The number of halogens is 1. The molecule has 0 aromatic heterocycles. The maximum absolute atomic E-state index is 11.6. The lowest BCUT2D eigenvalue weighted by Gasteiger charge is -2.13. The average molecular weight is 275 g/mol. The van der Waals surface area contributed by atoms with E-state index in [1.165, 1.54) is 0 Å². The second-order valence-corrected chi connectivity index (χ2v) is 4.69. The first-order valence-corrected chi connectivity index (χ1v) is 5.72. The highest BCUT2D eigenvalue weighted by Crippen LogP contribution is 2.17. The molecular weight excluding hydrogens is 260 g/mol. The molecule has 1 atom stereocenters. The maximum Gasteiger partial charge on any atom is 0.225 e. The summed E-state index contributed by atoms with van der Waals surface area (Å²) in [6.45, 7) is 7.16. The van der Waals surface area contributed by atoms with Crippen LogP contribution in [-0.2, 0) is 9.59 Å². The minimum absolute atomic E-state index is 0.0651. The smallest absolute Gasteiger partial charge is 0.225 e. The standard InChI is InChI=1S/C10H15BrN2O2/c1-3-13-6-8(4-9(13)14)10(15)12-5-7(2)11/h8H,2-6H2,1H3,(H,12,15). The Kier molecular flexibility index (Phi) is 4.32. The van der Waals surface area contributed by atoms with Crippen LogP contribution in [0.25, 0.3) is 0 Å².